The first kappa shape index (κ1) is 14.3. The van der Waals surface area contributed by atoms with Crippen LogP contribution in [0.2, 0.25) is 0 Å². The third-order valence-corrected chi connectivity index (χ3v) is 4.52. The zero-order valence-electron chi connectivity index (χ0n) is 10.5. The number of hydrogen-bond donors (Lipinski definition) is 0. The summed E-state index contributed by atoms with van der Waals surface area (Å²) < 4.78 is 6.77. The molecule has 0 spiro atoms. The lowest BCUT2D eigenvalue weighted by atomic mass is 10.0. The number of rotatable bonds is 3. The zero-order valence-corrected chi connectivity index (χ0v) is 13.7. The number of carbonyl (C=O) groups excluding carboxylic acids is 1. The standard InChI is InChI=1S/C15H12Br2O2/c1-9-4-3-5-11(14(9)17)15(18)10-6-7-13(19-2)12(16)8-10/h3-8H,1-2H3. The molecule has 0 N–H and O–H groups in total. The predicted octanol–water partition coefficient (Wildman–Crippen LogP) is 4.76. The molecule has 0 aliphatic carbocycles. The molecule has 19 heavy (non-hydrogen) atoms. The highest BCUT2D eigenvalue weighted by Crippen LogP contribution is 2.28. The van der Waals surface area contributed by atoms with E-state index in [4.69, 9.17) is 4.74 Å². The maximum atomic E-state index is 12.5. The van der Waals surface area contributed by atoms with E-state index in [0.717, 1.165) is 14.5 Å². The summed E-state index contributed by atoms with van der Waals surface area (Å²) in [6.45, 7) is 1.96. The second-order valence-corrected chi connectivity index (χ2v) is 5.76. The van der Waals surface area contributed by atoms with Crippen molar-refractivity contribution in [2.45, 2.75) is 6.92 Å². The van der Waals surface area contributed by atoms with E-state index in [1.165, 1.54) is 0 Å². The maximum Gasteiger partial charge on any atom is 0.194 e. The van der Waals surface area contributed by atoms with Gasteiger partial charge in [0.2, 0.25) is 0 Å². The number of hydrogen-bond acceptors (Lipinski definition) is 2. The minimum atomic E-state index is -0.0149. The van der Waals surface area contributed by atoms with Gasteiger partial charge in [-0.15, -0.1) is 0 Å². The van der Waals surface area contributed by atoms with E-state index in [0.29, 0.717) is 16.9 Å². The predicted molar refractivity (Wildman–Crippen MR) is 83.0 cm³/mol. The van der Waals surface area contributed by atoms with Crippen molar-refractivity contribution in [3.05, 3.63) is 62.0 Å². The molecule has 0 radical (unpaired) electrons. The average molecular weight is 384 g/mol. The van der Waals surface area contributed by atoms with E-state index in [9.17, 15) is 4.79 Å². The number of ketones is 1. The summed E-state index contributed by atoms with van der Waals surface area (Å²) in [4.78, 5) is 12.5. The summed E-state index contributed by atoms with van der Waals surface area (Å²) in [5, 5.41) is 0. The molecule has 2 rings (SSSR count). The van der Waals surface area contributed by atoms with Crippen molar-refractivity contribution >= 4 is 37.6 Å². The summed E-state index contributed by atoms with van der Waals surface area (Å²) in [7, 11) is 1.60. The van der Waals surface area contributed by atoms with Crippen LogP contribution in [0.5, 0.6) is 5.75 Å². The smallest absolute Gasteiger partial charge is 0.194 e. The molecule has 0 aromatic heterocycles. The highest BCUT2D eigenvalue weighted by atomic mass is 79.9. The number of methoxy groups -OCH3 is 1. The van der Waals surface area contributed by atoms with Gasteiger partial charge >= 0.3 is 0 Å². The van der Waals surface area contributed by atoms with Crippen LogP contribution in [-0.2, 0) is 0 Å². The molecular formula is C15H12Br2O2. The minimum Gasteiger partial charge on any atom is -0.496 e. The Morgan fingerprint density at radius 2 is 1.89 bits per heavy atom. The molecule has 0 atom stereocenters. The highest BCUT2D eigenvalue weighted by molar-refractivity contribution is 9.11. The Labute approximate surface area is 129 Å². The van der Waals surface area contributed by atoms with Gasteiger partial charge in [0.25, 0.3) is 0 Å². The second-order valence-electron chi connectivity index (χ2n) is 4.11. The van der Waals surface area contributed by atoms with Crippen LogP contribution in [0.3, 0.4) is 0 Å². The van der Waals surface area contributed by atoms with E-state index in [-0.39, 0.29) is 5.78 Å². The lowest BCUT2D eigenvalue weighted by Gasteiger charge is -2.08. The number of ether oxygens (including phenoxy) is 1. The van der Waals surface area contributed by atoms with Gasteiger partial charge in [-0.05, 0) is 68.6 Å². The molecule has 0 amide bonds. The fraction of sp³-hybridized carbons (Fsp3) is 0.133. The normalized spacial score (nSPS) is 10.3. The second kappa shape index (κ2) is 5.88. The third kappa shape index (κ3) is 2.90. The first-order valence-corrected chi connectivity index (χ1v) is 7.26. The molecule has 2 aromatic rings. The molecule has 0 saturated carbocycles. The molecule has 98 valence electrons. The van der Waals surface area contributed by atoms with Crippen LogP contribution in [0.4, 0.5) is 0 Å². The SMILES string of the molecule is COc1ccc(C(=O)c2cccc(C)c2Br)cc1Br. The van der Waals surface area contributed by atoms with Gasteiger partial charge in [-0.25, -0.2) is 0 Å². The van der Waals surface area contributed by atoms with Gasteiger partial charge in [0.15, 0.2) is 5.78 Å². The molecule has 2 aromatic carbocycles. The summed E-state index contributed by atoms with van der Waals surface area (Å²) >= 11 is 6.86. The molecule has 0 aliphatic rings. The van der Waals surface area contributed by atoms with E-state index in [1.807, 2.05) is 25.1 Å². The van der Waals surface area contributed by atoms with E-state index >= 15 is 0 Å². The van der Waals surface area contributed by atoms with Crippen LogP contribution in [0.25, 0.3) is 0 Å². The molecular weight excluding hydrogens is 372 g/mol. The Morgan fingerprint density at radius 3 is 2.53 bits per heavy atom. The molecule has 0 bridgehead atoms. The van der Waals surface area contributed by atoms with Crippen molar-refractivity contribution in [3.63, 3.8) is 0 Å². The molecule has 0 heterocycles. The fourth-order valence-corrected chi connectivity index (χ4v) is 2.77. The van der Waals surface area contributed by atoms with E-state index in [1.54, 1.807) is 25.3 Å². The molecule has 0 aliphatic heterocycles. The van der Waals surface area contributed by atoms with Crippen molar-refractivity contribution in [2.75, 3.05) is 7.11 Å². The Kier molecular flexibility index (Phi) is 4.42. The summed E-state index contributed by atoms with van der Waals surface area (Å²) in [5.74, 6) is 0.693. The van der Waals surface area contributed by atoms with Gasteiger partial charge in [0.1, 0.15) is 5.75 Å². The summed E-state index contributed by atoms with van der Waals surface area (Å²) in [5.41, 5.74) is 2.33. The fourth-order valence-electron chi connectivity index (χ4n) is 1.79. The van der Waals surface area contributed by atoms with Crippen molar-refractivity contribution in [1.29, 1.82) is 0 Å². The Morgan fingerprint density at radius 1 is 1.16 bits per heavy atom. The minimum absolute atomic E-state index is 0.0149. The monoisotopic (exact) mass is 382 g/mol. The quantitative estimate of drug-likeness (QED) is 0.714. The van der Waals surface area contributed by atoms with Crippen molar-refractivity contribution in [2.24, 2.45) is 0 Å². The number of carbonyl (C=O) groups is 1. The number of benzene rings is 2. The van der Waals surface area contributed by atoms with Crippen LogP contribution < -0.4 is 4.74 Å². The molecule has 0 fully saturated rings. The van der Waals surface area contributed by atoms with Crippen molar-refractivity contribution in [1.82, 2.24) is 0 Å². The first-order valence-electron chi connectivity index (χ1n) is 5.68. The topological polar surface area (TPSA) is 26.3 Å². The Balaban J connectivity index is 2.44. The number of aryl methyl sites for hydroxylation is 1. The Hall–Kier alpha value is -1.13. The first-order chi connectivity index (χ1) is 9.04. The largest absolute Gasteiger partial charge is 0.496 e. The third-order valence-electron chi connectivity index (χ3n) is 2.85. The van der Waals surface area contributed by atoms with Crippen molar-refractivity contribution < 1.29 is 9.53 Å². The van der Waals surface area contributed by atoms with Gasteiger partial charge in [-0.3, -0.25) is 4.79 Å². The molecule has 2 nitrogen and oxygen atoms in total. The van der Waals surface area contributed by atoms with Gasteiger partial charge in [-0.1, -0.05) is 12.1 Å². The van der Waals surface area contributed by atoms with Crippen LogP contribution in [-0.4, -0.2) is 12.9 Å². The van der Waals surface area contributed by atoms with E-state index < -0.39 is 0 Å². The van der Waals surface area contributed by atoms with Gasteiger partial charge < -0.3 is 4.74 Å². The van der Waals surface area contributed by atoms with Gasteiger partial charge in [0.05, 0.1) is 11.6 Å². The van der Waals surface area contributed by atoms with Gasteiger partial charge in [0, 0.05) is 15.6 Å². The Bertz CT molecular complexity index is 636. The summed E-state index contributed by atoms with van der Waals surface area (Å²) in [6, 6.07) is 11.0. The van der Waals surface area contributed by atoms with Crippen LogP contribution in [0, 0.1) is 6.92 Å². The lowest BCUT2D eigenvalue weighted by Crippen LogP contribution is -2.03. The van der Waals surface area contributed by atoms with Gasteiger partial charge in [-0.2, -0.15) is 0 Å². The molecule has 0 saturated heterocycles. The molecule has 0 unspecified atom stereocenters. The van der Waals surface area contributed by atoms with Crippen LogP contribution in [0.15, 0.2) is 45.3 Å². The van der Waals surface area contributed by atoms with E-state index in [2.05, 4.69) is 31.9 Å². The van der Waals surface area contributed by atoms with Crippen LogP contribution in [0.1, 0.15) is 21.5 Å². The summed E-state index contributed by atoms with van der Waals surface area (Å²) in [6.07, 6.45) is 0. The lowest BCUT2D eigenvalue weighted by molar-refractivity contribution is 0.103. The highest BCUT2D eigenvalue weighted by Gasteiger charge is 2.15. The zero-order chi connectivity index (χ0) is 14.0. The average Bonchev–Trinajstić information content (AvgIpc) is 2.41. The van der Waals surface area contributed by atoms with Crippen LogP contribution >= 0.6 is 31.9 Å². The number of halogens is 2. The van der Waals surface area contributed by atoms with Crippen molar-refractivity contribution in [3.8, 4) is 5.75 Å². The molecule has 4 heteroatoms. The maximum absolute atomic E-state index is 12.5.